The first-order valence-electron chi connectivity index (χ1n) is 8.02. The zero-order valence-electron chi connectivity index (χ0n) is 13.9. The van der Waals surface area contributed by atoms with Gasteiger partial charge in [0, 0.05) is 18.6 Å². The summed E-state index contributed by atoms with van der Waals surface area (Å²) in [6.45, 7) is 8.08. The van der Waals surface area contributed by atoms with Gasteiger partial charge in [-0.25, -0.2) is 9.59 Å². The van der Waals surface area contributed by atoms with Crippen LogP contribution in [0.2, 0.25) is 0 Å². The van der Waals surface area contributed by atoms with Gasteiger partial charge in [-0.15, -0.1) is 0 Å². The van der Waals surface area contributed by atoms with E-state index < -0.39 is 17.7 Å². The monoisotopic (exact) mass is 313 g/mol. The van der Waals surface area contributed by atoms with Crippen molar-refractivity contribution >= 4 is 12.1 Å². The molecule has 1 spiro atoms. The van der Waals surface area contributed by atoms with E-state index in [9.17, 15) is 9.59 Å². The third kappa shape index (κ3) is 3.21. The van der Waals surface area contributed by atoms with Crippen LogP contribution >= 0.6 is 0 Å². The maximum atomic E-state index is 12.4. The maximum absolute atomic E-state index is 12.4. The summed E-state index contributed by atoms with van der Waals surface area (Å²) in [5, 5.41) is 9.16. The van der Waals surface area contributed by atoms with E-state index in [0.717, 1.165) is 12.8 Å². The van der Waals surface area contributed by atoms with Crippen molar-refractivity contribution in [2.24, 2.45) is 11.3 Å². The minimum atomic E-state index is -0.597. The van der Waals surface area contributed by atoms with Crippen LogP contribution in [0.25, 0.3) is 0 Å². The molecule has 0 aromatic rings. The predicted molar refractivity (Wildman–Crippen MR) is 80.2 cm³/mol. The molecule has 0 bridgehead atoms. The molecule has 0 radical (unpaired) electrons. The van der Waals surface area contributed by atoms with Crippen LogP contribution in [0.1, 0.15) is 47.0 Å². The Kier molecular flexibility index (Phi) is 4.70. The fourth-order valence-corrected chi connectivity index (χ4v) is 3.59. The number of nitrogens with zero attached hydrogens (tertiary/aromatic N) is 1. The molecule has 1 saturated carbocycles. The molecular formula is C16H27NO5. The predicted octanol–water partition coefficient (Wildman–Crippen LogP) is 1.95. The number of aliphatic hydroxyl groups is 1. The number of rotatable bonds is 4. The van der Waals surface area contributed by atoms with Crippen LogP contribution < -0.4 is 0 Å². The van der Waals surface area contributed by atoms with E-state index in [-0.39, 0.29) is 30.5 Å². The van der Waals surface area contributed by atoms with Gasteiger partial charge in [0.15, 0.2) is 0 Å². The normalized spacial score (nSPS) is 30.5. The Morgan fingerprint density at radius 1 is 1.36 bits per heavy atom. The molecule has 1 saturated heterocycles. The number of ether oxygens (including phenoxy) is 2. The van der Waals surface area contributed by atoms with Crippen LogP contribution in [0.15, 0.2) is 0 Å². The van der Waals surface area contributed by atoms with Crippen LogP contribution in [0.3, 0.4) is 0 Å². The molecule has 2 fully saturated rings. The lowest BCUT2D eigenvalue weighted by molar-refractivity contribution is -0.150. The molecule has 1 aliphatic heterocycles. The highest BCUT2D eigenvalue weighted by atomic mass is 16.6. The number of hydrogen-bond donors (Lipinski definition) is 1. The first kappa shape index (κ1) is 17.1. The number of aliphatic hydroxyl groups excluding tert-OH is 1. The summed E-state index contributed by atoms with van der Waals surface area (Å²) in [7, 11) is 0. The lowest BCUT2D eigenvalue weighted by atomic mass is 9.93. The number of hydrogen-bond acceptors (Lipinski definition) is 5. The largest absolute Gasteiger partial charge is 0.464 e. The average molecular weight is 313 g/mol. The van der Waals surface area contributed by atoms with Gasteiger partial charge in [-0.3, -0.25) is 4.90 Å². The van der Waals surface area contributed by atoms with Crippen molar-refractivity contribution in [1.29, 1.82) is 0 Å². The molecule has 1 N–H and O–H groups in total. The Balaban J connectivity index is 2.16. The van der Waals surface area contributed by atoms with E-state index in [1.165, 1.54) is 4.90 Å². The molecule has 0 aromatic heterocycles. The van der Waals surface area contributed by atoms with E-state index in [1.54, 1.807) is 6.92 Å². The van der Waals surface area contributed by atoms with Crippen LogP contribution in [-0.2, 0) is 14.3 Å². The SMILES string of the molecule is CCOC(=O)C1N(C(=O)OC(C)(C)C)CCC12CC2CCO. The smallest absolute Gasteiger partial charge is 0.411 e. The molecule has 0 aromatic carbocycles. The maximum Gasteiger partial charge on any atom is 0.411 e. The second-order valence-electron chi connectivity index (χ2n) is 7.22. The summed E-state index contributed by atoms with van der Waals surface area (Å²) >= 11 is 0. The fourth-order valence-electron chi connectivity index (χ4n) is 3.59. The Labute approximate surface area is 131 Å². The van der Waals surface area contributed by atoms with Crippen molar-refractivity contribution in [3.63, 3.8) is 0 Å². The van der Waals surface area contributed by atoms with E-state index in [2.05, 4.69) is 0 Å². The lowest BCUT2D eigenvalue weighted by Crippen LogP contribution is -2.47. The molecule has 2 aliphatic rings. The van der Waals surface area contributed by atoms with Gasteiger partial charge in [0.25, 0.3) is 0 Å². The Morgan fingerprint density at radius 3 is 2.59 bits per heavy atom. The zero-order chi connectivity index (χ0) is 16.5. The second-order valence-corrected chi connectivity index (χ2v) is 7.22. The molecule has 3 unspecified atom stereocenters. The summed E-state index contributed by atoms with van der Waals surface area (Å²) < 4.78 is 10.6. The fraction of sp³-hybridized carbons (Fsp3) is 0.875. The van der Waals surface area contributed by atoms with Gasteiger partial charge in [0.05, 0.1) is 6.61 Å². The minimum absolute atomic E-state index is 0.106. The van der Waals surface area contributed by atoms with E-state index in [4.69, 9.17) is 14.6 Å². The van der Waals surface area contributed by atoms with E-state index in [1.807, 2.05) is 20.8 Å². The molecule has 22 heavy (non-hydrogen) atoms. The van der Waals surface area contributed by atoms with Crippen molar-refractivity contribution < 1.29 is 24.2 Å². The van der Waals surface area contributed by atoms with Gasteiger partial charge in [-0.1, -0.05) is 0 Å². The number of amides is 1. The van der Waals surface area contributed by atoms with E-state index >= 15 is 0 Å². The quantitative estimate of drug-likeness (QED) is 0.803. The standard InChI is InChI=1S/C16H27NO5/c1-5-21-13(19)12-16(10-11(16)6-9-18)7-8-17(12)14(20)22-15(2,3)4/h11-12,18H,5-10H2,1-4H3. The Hall–Kier alpha value is -1.30. The van der Waals surface area contributed by atoms with Crippen LogP contribution in [-0.4, -0.2) is 53.5 Å². The first-order chi connectivity index (χ1) is 10.2. The summed E-state index contributed by atoms with van der Waals surface area (Å²) in [4.78, 5) is 26.3. The molecule has 6 heteroatoms. The van der Waals surface area contributed by atoms with Gasteiger partial charge in [-0.05, 0) is 52.9 Å². The topological polar surface area (TPSA) is 76.1 Å². The van der Waals surface area contributed by atoms with Crippen LogP contribution in [0.5, 0.6) is 0 Å². The molecule has 3 atom stereocenters. The van der Waals surface area contributed by atoms with E-state index in [0.29, 0.717) is 13.0 Å². The number of carbonyl (C=O) groups is 2. The Bertz CT molecular complexity index is 444. The Morgan fingerprint density at radius 2 is 2.05 bits per heavy atom. The molecular weight excluding hydrogens is 286 g/mol. The van der Waals surface area contributed by atoms with Crippen molar-refractivity contribution in [3.05, 3.63) is 0 Å². The third-order valence-electron chi connectivity index (χ3n) is 4.57. The van der Waals surface area contributed by atoms with Gasteiger partial charge < -0.3 is 14.6 Å². The highest BCUT2D eigenvalue weighted by Crippen LogP contribution is 2.63. The van der Waals surface area contributed by atoms with Crippen molar-refractivity contribution in [3.8, 4) is 0 Å². The highest BCUT2D eigenvalue weighted by molar-refractivity contribution is 5.84. The molecule has 126 valence electrons. The van der Waals surface area contributed by atoms with Crippen molar-refractivity contribution in [2.45, 2.75) is 58.6 Å². The molecule has 1 amide bonds. The van der Waals surface area contributed by atoms with Gasteiger partial charge >= 0.3 is 12.1 Å². The lowest BCUT2D eigenvalue weighted by Gasteiger charge is -2.29. The van der Waals surface area contributed by atoms with Crippen molar-refractivity contribution in [1.82, 2.24) is 4.90 Å². The first-order valence-corrected chi connectivity index (χ1v) is 8.02. The van der Waals surface area contributed by atoms with Gasteiger partial charge in [0.2, 0.25) is 0 Å². The molecule has 1 heterocycles. The van der Waals surface area contributed by atoms with Crippen LogP contribution in [0, 0.1) is 11.3 Å². The summed E-state index contributed by atoms with van der Waals surface area (Å²) in [5.41, 5.74) is -0.827. The zero-order valence-corrected chi connectivity index (χ0v) is 13.9. The number of esters is 1. The second kappa shape index (κ2) is 6.07. The summed E-state index contributed by atoms with van der Waals surface area (Å²) in [6, 6.07) is -0.584. The average Bonchev–Trinajstić information content (AvgIpc) is 2.91. The van der Waals surface area contributed by atoms with Gasteiger partial charge in [-0.2, -0.15) is 0 Å². The van der Waals surface area contributed by atoms with Gasteiger partial charge in [0.1, 0.15) is 11.6 Å². The molecule has 1 aliphatic carbocycles. The summed E-state index contributed by atoms with van der Waals surface area (Å²) in [6.07, 6.45) is 1.83. The van der Waals surface area contributed by atoms with Crippen molar-refractivity contribution in [2.75, 3.05) is 19.8 Å². The minimum Gasteiger partial charge on any atom is -0.464 e. The highest BCUT2D eigenvalue weighted by Gasteiger charge is 2.66. The van der Waals surface area contributed by atoms with Crippen LogP contribution in [0.4, 0.5) is 4.79 Å². The third-order valence-corrected chi connectivity index (χ3v) is 4.57. The number of carbonyl (C=O) groups excluding carboxylic acids is 2. The molecule has 2 rings (SSSR count). The number of likely N-dealkylation sites (tertiary alicyclic amines) is 1. The molecule has 6 nitrogen and oxygen atoms in total. The summed E-state index contributed by atoms with van der Waals surface area (Å²) in [5.74, 6) is -0.0781.